The lowest BCUT2D eigenvalue weighted by Crippen LogP contribution is -2.45. The fraction of sp³-hybridized carbons (Fsp3) is 0.500. The second-order valence-corrected chi connectivity index (χ2v) is 6.02. The Morgan fingerprint density at radius 3 is 2.35 bits per heavy atom. The van der Waals surface area contributed by atoms with Crippen molar-refractivity contribution in [2.45, 2.75) is 45.7 Å². The van der Waals surface area contributed by atoms with Gasteiger partial charge >= 0.3 is 0 Å². The lowest BCUT2D eigenvalue weighted by Gasteiger charge is -2.28. The Kier molecular flexibility index (Phi) is 4.12. The van der Waals surface area contributed by atoms with Crippen LogP contribution >= 0.6 is 0 Å². The number of amides is 1. The maximum atomic E-state index is 12.6. The fourth-order valence-corrected chi connectivity index (χ4v) is 2.63. The molecule has 1 aromatic carbocycles. The highest BCUT2D eigenvalue weighted by atomic mass is 16.2. The van der Waals surface area contributed by atoms with E-state index in [2.05, 4.69) is 29.5 Å². The van der Waals surface area contributed by atoms with E-state index in [1.54, 1.807) is 0 Å². The van der Waals surface area contributed by atoms with Gasteiger partial charge in [0.05, 0.1) is 0 Å². The van der Waals surface area contributed by atoms with Gasteiger partial charge in [-0.05, 0) is 31.7 Å². The van der Waals surface area contributed by atoms with Crippen LogP contribution in [-0.4, -0.2) is 17.9 Å². The van der Waals surface area contributed by atoms with Crippen LogP contribution in [-0.2, 0) is 10.3 Å². The highest BCUT2D eigenvalue weighted by molar-refractivity contribution is 6.09. The summed E-state index contributed by atoms with van der Waals surface area (Å²) in [5, 5.41) is 6.20. The number of guanidine groups is 1. The van der Waals surface area contributed by atoms with Crippen LogP contribution in [0.4, 0.5) is 0 Å². The van der Waals surface area contributed by atoms with Gasteiger partial charge in [0.1, 0.15) is 5.54 Å². The number of hydrogen-bond acceptors (Lipinski definition) is 2. The van der Waals surface area contributed by atoms with E-state index in [0.717, 1.165) is 12.0 Å². The minimum atomic E-state index is -0.705. The molecule has 0 bridgehead atoms. The quantitative estimate of drug-likeness (QED) is 0.885. The van der Waals surface area contributed by atoms with Crippen LogP contribution in [0.25, 0.3) is 0 Å². The van der Waals surface area contributed by atoms with Gasteiger partial charge in [-0.2, -0.15) is 0 Å². The molecule has 0 aromatic heterocycles. The number of benzene rings is 1. The SMILES string of the molecule is CC(C)CC1(c2ccccc2)NC(=NC(C)C)NC1=O. The zero-order chi connectivity index (χ0) is 14.8. The maximum Gasteiger partial charge on any atom is 0.257 e. The molecule has 0 radical (unpaired) electrons. The lowest BCUT2D eigenvalue weighted by molar-refractivity contribution is -0.124. The molecule has 0 aliphatic carbocycles. The number of aliphatic imine (C=N–C) groups is 1. The molecule has 1 unspecified atom stereocenters. The summed E-state index contributed by atoms with van der Waals surface area (Å²) >= 11 is 0. The minimum Gasteiger partial charge on any atom is -0.338 e. The van der Waals surface area contributed by atoms with Gasteiger partial charge in [0.25, 0.3) is 5.91 Å². The first-order valence-corrected chi connectivity index (χ1v) is 7.17. The molecule has 108 valence electrons. The Labute approximate surface area is 120 Å². The molecule has 1 aliphatic heterocycles. The molecule has 1 aliphatic rings. The number of nitrogens with zero attached hydrogens (tertiary/aromatic N) is 1. The Bertz CT molecular complexity index is 508. The van der Waals surface area contributed by atoms with Crippen LogP contribution in [0.2, 0.25) is 0 Å². The van der Waals surface area contributed by atoms with Gasteiger partial charge in [-0.25, -0.2) is 0 Å². The summed E-state index contributed by atoms with van der Waals surface area (Å²) in [5.74, 6) is 0.957. The largest absolute Gasteiger partial charge is 0.338 e. The molecule has 1 amide bonds. The van der Waals surface area contributed by atoms with E-state index in [4.69, 9.17) is 0 Å². The predicted molar refractivity (Wildman–Crippen MR) is 81.4 cm³/mol. The summed E-state index contributed by atoms with van der Waals surface area (Å²) in [5.41, 5.74) is 0.281. The monoisotopic (exact) mass is 273 g/mol. The van der Waals surface area contributed by atoms with E-state index in [1.165, 1.54) is 0 Å². The van der Waals surface area contributed by atoms with Gasteiger partial charge in [0, 0.05) is 6.04 Å². The molecule has 2 N–H and O–H groups in total. The number of nitrogens with one attached hydrogen (secondary N) is 2. The van der Waals surface area contributed by atoms with E-state index >= 15 is 0 Å². The van der Waals surface area contributed by atoms with Crippen LogP contribution in [0, 0.1) is 5.92 Å². The Hall–Kier alpha value is -1.84. The van der Waals surface area contributed by atoms with Gasteiger partial charge in [0.15, 0.2) is 5.96 Å². The van der Waals surface area contributed by atoms with Crippen LogP contribution < -0.4 is 10.6 Å². The molecular formula is C16H23N3O. The van der Waals surface area contributed by atoms with Crippen LogP contribution in [0.5, 0.6) is 0 Å². The molecule has 1 saturated heterocycles. The summed E-state index contributed by atoms with van der Waals surface area (Å²) in [4.78, 5) is 17.0. The first-order valence-electron chi connectivity index (χ1n) is 7.17. The fourth-order valence-electron chi connectivity index (χ4n) is 2.63. The summed E-state index contributed by atoms with van der Waals surface area (Å²) in [6, 6.07) is 10.0. The Morgan fingerprint density at radius 1 is 1.15 bits per heavy atom. The van der Waals surface area contributed by atoms with Crippen molar-refractivity contribution >= 4 is 11.9 Å². The van der Waals surface area contributed by atoms with Crippen molar-refractivity contribution in [3.63, 3.8) is 0 Å². The van der Waals surface area contributed by atoms with Crippen molar-refractivity contribution in [3.8, 4) is 0 Å². The number of rotatable bonds is 4. The average Bonchev–Trinajstić information content (AvgIpc) is 2.66. The molecule has 1 atom stereocenters. The second kappa shape index (κ2) is 5.65. The van der Waals surface area contributed by atoms with Crippen molar-refractivity contribution in [3.05, 3.63) is 35.9 Å². The third kappa shape index (κ3) is 2.84. The Balaban J connectivity index is 2.41. The van der Waals surface area contributed by atoms with Crippen LogP contribution in [0.3, 0.4) is 0 Å². The standard InChI is InChI=1S/C16H23N3O/c1-11(2)10-16(13-8-6-5-7-9-13)14(20)18-15(19-16)17-12(3)4/h5-9,11-12H,10H2,1-4H3,(H2,17,18,19,20). The topological polar surface area (TPSA) is 53.5 Å². The summed E-state index contributed by atoms with van der Waals surface area (Å²) in [6.07, 6.45) is 0.736. The van der Waals surface area contributed by atoms with Crippen molar-refractivity contribution in [1.82, 2.24) is 10.6 Å². The van der Waals surface area contributed by atoms with Gasteiger partial charge in [0.2, 0.25) is 0 Å². The van der Waals surface area contributed by atoms with E-state index in [9.17, 15) is 4.79 Å². The van der Waals surface area contributed by atoms with E-state index in [0.29, 0.717) is 11.9 Å². The van der Waals surface area contributed by atoms with E-state index < -0.39 is 5.54 Å². The van der Waals surface area contributed by atoms with Gasteiger partial charge < -0.3 is 5.32 Å². The van der Waals surface area contributed by atoms with Gasteiger partial charge in [-0.15, -0.1) is 0 Å². The van der Waals surface area contributed by atoms with E-state index in [-0.39, 0.29) is 11.9 Å². The first-order chi connectivity index (χ1) is 9.44. The molecule has 20 heavy (non-hydrogen) atoms. The third-order valence-corrected chi connectivity index (χ3v) is 3.32. The van der Waals surface area contributed by atoms with Crippen molar-refractivity contribution in [1.29, 1.82) is 0 Å². The zero-order valence-electron chi connectivity index (χ0n) is 12.6. The zero-order valence-corrected chi connectivity index (χ0v) is 12.6. The van der Waals surface area contributed by atoms with Gasteiger partial charge in [-0.1, -0.05) is 44.2 Å². The molecule has 1 aromatic rings. The lowest BCUT2D eigenvalue weighted by atomic mass is 9.82. The molecule has 0 spiro atoms. The Morgan fingerprint density at radius 2 is 1.80 bits per heavy atom. The van der Waals surface area contributed by atoms with Crippen molar-refractivity contribution in [2.24, 2.45) is 10.9 Å². The summed E-state index contributed by atoms with van der Waals surface area (Å²) in [7, 11) is 0. The molecule has 4 nitrogen and oxygen atoms in total. The first kappa shape index (κ1) is 14.6. The molecular weight excluding hydrogens is 250 g/mol. The molecule has 2 rings (SSSR count). The minimum absolute atomic E-state index is 0.0169. The highest BCUT2D eigenvalue weighted by Gasteiger charge is 2.46. The number of carbonyl (C=O) groups excluding carboxylic acids is 1. The number of hydrogen-bond donors (Lipinski definition) is 2. The maximum absolute atomic E-state index is 12.6. The van der Waals surface area contributed by atoms with E-state index in [1.807, 2.05) is 44.2 Å². The normalized spacial score (nSPS) is 24.3. The smallest absolute Gasteiger partial charge is 0.257 e. The second-order valence-electron chi connectivity index (χ2n) is 6.02. The summed E-state index contributed by atoms with van der Waals surface area (Å²) in [6.45, 7) is 8.23. The number of carbonyl (C=O) groups is 1. The molecule has 1 heterocycles. The van der Waals surface area contributed by atoms with Gasteiger partial charge in [-0.3, -0.25) is 15.1 Å². The predicted octanol–water partition coefficient (Wildman–Crippen LogP) is 2.41. The third-order valence-electron chi connectivity index (χ3n) is 3.32. The highest BCUT2D eigenvalue weighted by Crippen LogP contribution is 2.31. The van der Waals surface area contributed by atoms with Crippen LogP contribution in [0.1, 0.15) is 39.7 Å². The molecule has 0 saturated carbocycles. The molecule has 4 heteroatoms. The van der Waals surface area contributed by atoms with Crippen LogP contribution in [0.15, 0.2) is 35.3 Å². The summed E-state index contributed by atoms with van der Waals surface area (Å²) < 4.78 is 0. The van der Waals surface area contributed by atoms with Crippen molar-refractivity contribution in [2.75, 3.05) is 0 Å². The molecule has 1 fully saturated rings. The van der Waals surface area contributed by atoms with Crippen molar-refractivity contribution < 1.29 is 4.79 Å². The average molecular weight is 273 g/mol.